The summed E-state index contributed by atoms with van der Waals surface area (Å²) in [5.41, 5.74) is 0.207. The molecule has 0 saturated carbocycles. The molecular formula is C14H12BrClFN3O2S. The number of fused-ring (bicyclic) bond motifs is 1. The predicted octanol–water partition coefficient (Wildman–Crippen LogP) is 3.50. The number of hydrogen-bond donors (Lipinski definition) is 0. The van der Waals surface area contributed by atoms with Crippen molar-refractivity contribution >= 4 is 56.0 Å². The van der Waals surface area contributed by atoms with Crippen molar-refractivity contribution in [3.8, 4) is 5.75 Å². The average Bonchev–Trinajstić information content (AvgIpc) is 2.99. The summed E-state index contributed by atoms with van der Waals surface area (Å²) in [6.07, 6.45) is 1.66. The highest BCUT2D eigenvalue weighted by atomic mass is 79.9. The molecule has 23 heavy (non-hydrogen) atoms. The summed E-state index contributed by atoms with van der Waals surface area (Å²) in [6.45, 7) is 0.981. The van der Waals surface area contributed by atoms with Gasteiger partial charge in [0.05, 0.1) is 29.1 Å². The van der Waals surface area contributed by atoms with Crippen LogP contribution in [-0.2, 0) is 4.74 Å². The Morgan fingerprint density at radius 3 is 2.91 bits per heavy atom. The minimum absolute atomic E-state index is 0.00638. The van der Waals surface area contributed by atoms with Crippen LogP contribution in [-0.4, -0.2) is 48.6 Å². The molecule has 0 amide bonds. The van der Waals surface area contributed by atoms with E-state index < -0.39 is 5.82 Å². The second-order valence-electron chi connectivity index (χ2n) is 5.40. The van der Waals surface area contributed by atoms with Crippen molar-refractivity contribution in [2.75, 3.05) is 31.4 Å². The third-order valence-electron chi connectivity index (χ3n) is 4.17. The van der Waals surface area contributed by atoms with E-state index in [9.17, 15) is 4.39 Å². The number of likely N-dealkylation sites (N-methyl/N-ethyl adjacent to an activating group) is 1. The second-order valence-corrected chi connectivity index (χ2v) is 7.34. The van der Waals surface area contributed by atoms with Crippen LogP contribution >= 0.6 is 39.3 Å². The molecule has 5 nitrogen and oxygen atoms in total. The molecule has 1 aromatic carbocycles. The highest BCUT2D eigenvalue weighted by Crippen LogP contribution is 2.47. The molecule has 2 aromatic rings. The van der Waals surface area contributed by atoms with Crippen molar-refractivity contribution in [3.63, 3.8) is 0 Å². The van der Waals surface area contributed by atoms with Crippen molar-refractivity contribution in [1.82, 2.24) is 9.97 Å². The quantitative estimate of drug-likeness (QED) is 0.400. The topological polar surface area (TPSA) is 47.5 Å². The Kier molecular flexibility index (Phi) is 3.83. The molecule has 9 heteroatoms. The normalized spacial score (nSPS) is 22.9. The van der Waals surface area contributed by atoms with Crippen molar-refractivity contribution < 1.29 is 13.9 Å². The van der Waals surface area contributed by atoms with E-state index >= 15 is 0 Å². The fraction of sp³-hybridized carbons (Fsp3) is 0.429. The maximum atomic E-state index is 14.7. The number of aromatic nitrogens is 2. The lowest BCUT2D eigenvalue weighted by Gasteiger charge is -2.26. The first-order chi connectivity index (χ1) is 11.0. The fourth-order valence-electron chi connectivity index (χ4n) is 2.97. The number of halogens is 3. The highest BCUT2D eigenvalue weighted by Gasteiger charge is 2.40. The Hall–Kier alpha value is -0.830. The number of benzene rings is 1. The van der Waals surface area contributed by atoms with E-state index in [1.54, 1.807) is 0 Å². The first-order valence-electron chi connectivity index (χ1n) is 6.92. The van der Waals surface area contributed by atoms with Gasteiger partial charge in [0.2, 0.25) is 0 Å². The summed E-state index contributed by atoms with van der Waals surface area (Å²) in [6, 6.07) is -0.00638. The lowest BCUT2D eigenvalue weighted by Crippen LogP contribution is -2.42. The number of hydrogen-bond acceptors (Lipinski definition) is 6. The van der Waals surface area contributed by atoms with Crippen LogP contribution < -0.4 is 9.64 Å². The molecule has 2 aliphatic heterocycles. The zero-order valence-electron chi connectivity index (χ0n) is 12.3. The van der Waals surface area contributed by atoms with Gasteiger partial charge in [0.1, 0.15) is 22.5 Å². The Labute approximate surface area is 149 Å². The monoisotopic (exact) mass is 419 g/mol. The number of thioether (sulfide) groups is 1. The molecule has 4 rings (SSSR count). The van der Waals surface area contributed by atoms with Crippen LogP contribution in [0.1, 0.15) is 0 Å². The molecule has 1 fully saturated rings. The minimum atomic E-state index is -0.506. The Balaban J connectivity index is 2.11. The van der Waals surface area contributed by atoms with Gasteiger partial charge in [0.25, 0.3) is 0 Å². The van der Waals surface area contributed by atoms with Gasteiger partial charge >= 0.3 is 0 Å². The Morgan fingerprint density at radius 1 is 1.39 bits per heavy atom. The van der Waals surface area contributed by atoms with Crippen LogP contribution in [0.2, 0.25) is 5.02 Å². The summed E-state index contributed by atoms with van der Waals surface area (Å²) >= 11 is 10.9. The lowest BCUT2D eigenvalue weighted by molar-refractivity contribution is 0.142. The molecule has 3 heterocycles. The number of nitrogens with zero attached hydrogens (tertiary/aromatic N) is 3. The SMILES string of the molecule is CSc1nc2c3c(c(Cl)c(Br)c(F)c3n1)OC1COCC1N2C. The van der Waals surface area contributed by atoms with Crippen molar-refractivity contribution in [1.29, 1.82) is 0 Å². The maximum absolute atomic E-state index is 14.7. The van der Waals surface area contributed by atoms with Gasteiger partial charge in [-0.1, -0.05) is 23.4 Å². The van der Waals surface area contributed by atoms with Gasteiger partial charge in [-0.05, 0) is 22.2 Å². The van der Waals surface area contributed by atoms with E-state index in [2.05, 4.69) is 25.9 Å². The largest absolute Gasteiger partial charge is 0.483 e. The van der Waals surface area contributed by atoms with E-state index in [1.807, 2.05) is 18.2 Å². The van der Waals surface area contributed by atoms with Crippen molar-refractivity contribution in [3.05, 3.63) is 15.3 Å². The van der Waals surface area contributed by atoms with Crippen LogP contribution in [0.4, 0.5) is 10.2 Å². The molecule has 0 spiro atoms. The molecule has 2 atom stereocenters. The van der Waals surface area contributed by atoms with Gasteiger partial charge in [-0.15, -0.1) is 0 Å². The first-order valence-corrected chi connectivity index (χ1v) is 9.32. The first kappa shape index (κ1) is 15.7. The van der Waals surface area contributed by atoms with Crippen molar-refractivity contribution in [2.24, 2.45) is 0 Å². The van der Waals surface area contributed by atoms with Crippen molar-refractivity contribution in [2.45, 2.75) is 17.3 Å². The second kappa shape index (κ2) is 5.61. The van der Waals surface area contributed by atoms with E-state index in [-0.39, 0.29) is 27.2 Å². The molecule has 0 bridgehead atoms. The molecule has 2 unspecified atom stereocenters. The number of anilines is 1. The van der Waals surface area contributed by atoms with E-state index in [4.69, 9.17) is 21.1 Å². The third-order valence-corrected chi connectivity index (χ3v) is 6.05. The van der Waals surface area contributed by atoms with E-state index in [0.717, 1.165) is 0 Å². The van der Waals surface area contributed by atoms with Gasteiger partial charge < -0.3 is 14.4 Å². The van der Waals surface area contributed by atoms with E-state index in [0.29, 0.717) is 35.3 Å². The molecule has 0 aliphatic carbocycles. The zero-order valence-corrected chi connectivity index (χ0v) is 15.4. The van der Waals surface area contributed by atoms with E-state index in [1.165, 1.54) is 11.8 Å². The molecule has 1 saturated heterocycles. The lowest BCUT2D eigenvalue weighted by atomic mass is 10.2. The summed E-state index contributed by atoms with van der Waals surface area (Å²) in [4.78, 5) is 10.9. The Bertz CT molecular complexity index is 825. The smallest absolute Gasteiger partial charge is 0.189 e. The Morgan fingerprint density at radius 2 is 2.17 bits per heavy atom. The van der Waals surface area contributed by atoms with Crippen LogP contribution in [0, 0.1) is 5.82 Å². The molecule has 2 aliphatic rings. The third kappa shape index (κ3) is 2.22. The molecule has 0 radical (unpaired) electrons. The summed E-state index contributed by atoms with van der Waals surface area (Å²) in [7, 11) is 1.91. The van der Waals surface area contributed by atoms with Crippen LogP contribution in [0.25, 0.3) is 10.9 Å². The maximum Gasteiger partial charge on any atom is 0.189 e. The fourth-order valence-corrected chi connectivity index (χ4v) is 3.92. The predicted molar refractivity (Wildman–Crippen MR) is 91.4 cm³/mol. The van der Waals surface area contributed by atoms with Gasteiger partial charge in [0, 0.05) is 7.05 Å². The molecule has 122 valence electrons. The average molecular weight is 421 g/mol. The van der Waals surface area contributed by atoms with Gasteiger partial charge in [-0.3, -0.25) is 0 Å². The van der Waals surface area contributed by atoms with Gasteiger partial charge in [-0.25, -0.2) is 14.4 Å². The summed E-state index contributed by atoms with van der Waals surface area (Å²) in [5, 5.41) is 1.19. The molecular weight excluding hydrogens is 409 g/mol. The number of ether oxygens (including phenoxy) is 2. The summed E-state index contributed by atoms with van der Waals surface area (Å²) in [5.74, 6) is 0.510. The van der Waals surface area contributed by atoms with Crippen LogP contribution in [0.15, 0.2) is 9.63 Å². The highest BCUT2D eigenvalue weighted by molar-refractivity contribution is 9.10. The minimum Gasteiger partial charge on any atom is -0.483 e. The number of rotatable bonds is 1. The standard InChI is InChI=1S/C14H12BrClFN3O2S/c1-20-5-3-21-4-6(5)22-12-7-11(10(17)8(15)9(12)16)18-14(23-2)19-13(7)20/h5-6H,3-4H2,1-2H3. The van der Waals surface area contributed by atoms with Gasteiger partial charge in [-0.2, -0.15) is 0 Å². The van der Waals surface area contributed by atoms with Gasteiger partial charge in [0.15, 0.2) is 16.7 Å². The molecule has 0 N–H and O–H groups in total. The summed E-state index contributed by atoms with van der Waals surface area (Å²) < 4.78 is 26.5. The molecule has 1 aromatic heterocycles. The zero-order chi connectivity index (χ0) is 16.3. The van der Waals surface area contributed by atoms with Crippen LogP contribution in [0.3, 0.4) is 0 Å². The van der Waals surface area contributed by atoms with Crippen LogP contribution in [0.5, 0.6) is 5.75 Å².